The minimum atomic E-state index is -0.536. The number of halogens is 2. The van der Waals surface area contributed by atoms with Gasteiger partial charge in [-0.1, -0.05) is 0 Å². The van der Waals surface area contributed by atoms with E-state index in [-0.39, 0.29) is 0 Å². The Morgan fingerprint density at radius 2 is 2.11 bits per heavy atom. The molecule has 0 aromatic heterocycles. The molecule has 0 spiro atoms. The molecule has 2 nitrogen and oxygen atoms in total. The van der Waals surface area contributed by atoms with Gasteiger partial charge in [-0.2, -0.15) is 0 Å². The van der Waals surface area contributed by atoms with Crippen molar-refractivity contribution in [1.82, 2.24) is 5.32 Å². The van der Waals surface area contributed by atoms with Crippen molar-refractivity contribution in [2.24, 2.45) is 0 Å². The molecule has 0 saturated carbocycles. The summed E-state index contributed by atoms with van der Waals surface area (Å²) in [5.41, 5.74) is 0. The Morgan fingerprint density at radius 3 is 2.83 bits per heavy atom. The van der Waals surface area contributed by atoms with Crippen molar-refractivity contribution in [2.45, 2.75) is 18.2 Å². The first-order valence-corrected chi connectivity index (χ1v) is 7.09. The second-order valence-electron chi connectivity index (χ2n) is 3.72. The Hall–Kier alpha value is -0.650. The molecule has 0 unspecified atom stereocenters. The van der Waals surface area contributed by atoms with Gasteiger partial charge in [-0.15, -0.1) is 11.8 Å². The topological polar surface area (TPSA) is 21.3 Å². The summed E-state index contributed by atoms with van der Waals surface area (Å²) in [7, 11) is 0. The normalized spacial score (nSPS) is 10.8. The third-order valence-corrected chi connectivity index (χ3v) is 3.33. The first-order valence-electron chi connectivity index (χ1n) is 6.10. The number of nitrogens with one attached hydrogen (secondary N) is 1. The average Bonchev–Trinajstić information content (AvgIpc) is 2.35. The second kappa shape index (κ2) is 9.30. The van der Waals surface area contributed by atoms with Gasteiger partial charge >= 0.3 is 0 Å². The van der Waals surface area contributed by atoms with Crippen molar-refractivity contribution in [1.29, 1.82) is 0 Å². The lowest BCUT2D eigenvalue weighted by Gasteiger charge is -2.05. The van der Waals surface area contributed by atoms with Gasteiger partial charge in [0, 0.05) is 36.5 Å². The fraction of sp³-hybridized carbons (Fsp3) is 0.538. The third kappa shape index (κ3) is 6.33. The second-order valence-corrected chi connectivity index (χ2v) is 4.86. The van der Waals surface area contributed by atoms with E-state index in [2.05, 4.69) is 5.32 Å². The van der Waals surface area contributed by atoms with E-state index < -0.39 is 11.6 Å². The number of hydrogen-bond acceptors (Lipinski definition) is 3. The number of benzene rings is 1. The number of hydrogen-bond donors (Lipinski definition) is 1. The highest BCUT2D eigenvalue weighted by molar-refractivity contribution is 7.99. The van der Waals surface area contributed by atoms with Crippen LogP contribution in [0.1, 0.15) is 13.3 Å². The molecular weight excluding hydrogens is 256 g/mol. The molecule has 0 bridgehead atoms. The highest BCUT2D eigenvalue weighted by atomic mass is 32.2. The lowest BCUT2D eigenvalue weighted by molar-refractivity contribution is 0.145. The lowest BCUT2D eigenvalue weighted by Crippen LogP contribution is -2.19. The molecule has 1 N–H and O–H groups in total. The SMILES string of the molecule is CCOCCCNCCSc1ccc(F)cc1F. The van der Waals surface area contributed by atoms with Crippen molar-refractivity contribution < 1.29 is 13.5 Å². The third-order valence-electron chi connectivity index (χ3n) is 2.28. The summed E-state index contributed by atoms with van der Waals surface area (Å²) < 4.78 is 31.1. The molecule has 0 amide bonds. The number of ether oxygens (including phenoxy) is 1. The maximum absolute atomic E-state index is 13.3. The molecule has 0 radical (unpaired) electrons. The number of rotatable bonds is 9. The van der Waals surface area contributed by atoms with E-state index in [1.165, 1.54) is 23.9 Å². The van der Waals surface area contributed by atoms with Crippen LogP contribution < -0.4 is 5.32 Å². The lowest BCUT2D eigenvalue weighted by atomic mass is 10.3. The van der Waals surface area contributed by atoms with E-state index in [0.717, 1.165) is 44.5 Å². The van der Waals surface area contributed by atoms with Gasteiger partial charge in [0.05, 0.1) is 0 Å². The molecule has 5 heteroatoms. The van der Waals surface area contributed by atoms with Gasteiger partial charge in [0.15, 0.2) is 0 Å². The molecule has 1 rings (SSSR count). The predicted octanol–water partition coefficient (Wildman–Crippen LogP) is 3.07. The minimum absolute atomic E-state index is 0.489. The van der Waals surface area contributed by atoms with Crippen molar-refractivity contribution in [2.75, 3.05) is 32.1 Å². The fourth-order valence-corrected chi connectivity index (χ4v) is 2.22. The molecule has 0 aliphatic rings. The van der Waals surface area contributed by atoms with Crippen molar-refractivity contribution in [3.63, 3.8) is 0 Å². The Balaban J connectivity index is 2.07. The van der Waals surface area contributed by atoms with Crippen LogP contribution in [0, 0.1) is 11.6 Å². The monoisotopic (exact) mass is 275 g/mol. The summed E-state index contributed by atoms with van der Waals surface area (Å²) in [6.45, 7) is 5.18. The van der Waals surface area contributed by atoms with Crippen LogP contribution in [-0.4, -0.2) is 32.1 Å². The smallest absolute Gasteiger partial charge is 0.139 e. The van der Waals surface area contributed by atoms with Gasteiger partial charge in [-0.3, -0.25) is 0 Å². The Labute approximate surface area is 111 Å². The zero-order valence-corrected chi connectivity index (χ0v) is 11.4. The van der Waals surface area contributed by atoms with Crippen LogP contribution in [-0.2, 0) is 4.74 Å². The Kier molecular flexibility index (Phi) is 7.96. The van der Waals surface area contributed by atoms with Crippen LogP contribution in [0.3, 0.4) is 0 Å². The predicted molar refractivity (Wildman–Crippen MR) is 71.1 cm³/mol. The van der Waals surface area contributed by atoms with Crippen molar-refractivity contribution >= 4 is 11.8 Å². The molecule has 0 aliphatic carbocycles. The summed E-state index contributed by atoms with van der Waals surface area (Å²) in [6.07, 6.45) is 0.976. The van der Waals surface area contributed by atoms with Crippen LogP contribution >= 0.6 is 11.8 Å². The number of thioether (sulfide) groups is 1. The van der Waals surface area contributed by atoms with Crippen molar-refractivity contribution in [3.8, 4) is 0 Å². The Bertz CT molecular complexity index is 350. The summed E-state index contributed by atoms with van der Waals surface area (Å²) >= 11 is 1.39. The van der Waals surface area contributed by atoms with E-state index >= 15 is 0 Å². The standard InChI is InChI=1S/C13H19F2NOS/c1-2-17-8-3-6-16-7-9-18-13-5-4-11(14)10-12(13)15/h4-5,10,16H,2-3,6-9H2,1H3. The average molecular weight is 275 g/mol. The summed E-state index contributed by atoms with van der Waals surface area (Å²) in [4.78, 5) is 0.493. The zero-order valence-electron chi connectivity index (χ0n) is 10.5. The molecule has 0 saturated heterocycles. The van der Waals surface area contributed by atoms with E-state index in [1.807, 2.05) is 6.92 Å². The molecule has 18 heavy (non-hydrogen) atoms. The molecule has 1 aromatic rings. The van der Waals surface area contributed by atoms with Crippen LogP contribution in [0.5, 0.6) is 0 Å². The fourth-order valence-electron chi connectivity index (χ4n) is 1.39. The van der Waals surface area contributed by atoms with Crippen LogP contribution in [0.25, 0.3) is 0 Å². The van der Waals surface area contributed by atoms with Gasteiger partial charge < -0.3 is 10.1 Å². The summed E-state index contributed by atoms with van der Waals surface area (Å²) in [5.74, 6) is -0.265. The van der Waals surface area contributed by atoms with Gasteiger partial charge in [0.1, 0.15) is 11.6 Å². The van der Waals surface area contributed by atoms with E-state index in [9.17, 15) is 8.78 Å². The first-order chi connectivity index (χ1) is 8.74. The van der Waals surface area contributed by atoms with Gasteiger partial charge in [0.2, 0.25) is 0 Å². The largest absolute Gasteiger partial charge is 0.382 e. The Morgan fingerprint density at radius 1 is 1.28 bits per heavy atom. The highest BCUT2D eigenvalue weighted by Gasteiger charge is 2.03. The minimum Gasteiger partial charge on any atom is -0.382 e. The van der Waals surface area contributed by atoms with Gasteiger partial charge in [0.25, 0.3) is 0 Å². The van der Waals surface area contributed by atoms with Gasteiger partial charge in [-0.05, 0) is 32.0 Å². The van der Waals surface area contributed by atoms with Gasteiger partial charge in [-0.25, -0.2) is 8.78 Å². The molecule has 0 heterocycles. The molecule has 0 fully saturated rings. The maximum Gasteiger partial charge on any atom is 0.139 e. The van der Waals surface area contributed by atoms with E-state index in [4.69, 9.17) is 4.74 Å². The molecule has 1 aromatic carbocycles. The van der Waals surface area contributed by atoms with Crippen LogP contribution in [0.15, 0.2) is 23.1 Å². The quantitative estimate of drug-likeness (QED) is 0.553. The van der Waals surface area contributed by atoms with Crippen LogP contribution in [0.2, 0.25) is 0 Å². The summed E-state index contributed by atoms with van der Waals surface area (Å²) in [6, 6.07) is 3.67. The molecule has 0 aliphatic heterocycles. The molecular formula is C13H19F2NOS. The van der Waals surface area contributed by atoms with E-state index in [1.54, 1.807) is 0 Å². The highest BCUT2D eigenvalue weighted by Crippen LogP contribution is 2.21. The summed E-state index contributed by atoms with van der Waals surface area (Å²) in [5, 5.41) is 3.25. The molecule has 0 atom stereocenters. The molecule has 102 valence electrons. The van der Waals surface area contributed by atoms with E-state index in [0.29, 0.717) is 4.90 Å². The first kappa shape index (κ1) is 15.4. The van der Waals surface area contributed by atoms with Crippen molar-refractivity contribution in [3.05, 3.63) is 29.8 Å². The zero-order chi connectivity index (χ0) is 13.2. The van der Waals surface area contributed by atoms with Crippen LogP contribution in [0.4, 0.5) is 8.78 Å². The maximum atomic E-state index is 13.3.